The van der Waals surface area contributed by atoms with Crippen molar-refractivity contribution in [2.75, 3.05) is 26.2 Å². The van der Waals surface area contributed by atoms with Gasteiger partial charge in [0.05, 0.1) is 6.54 Å². The summed E-state index contributed by atoms with van der Waals surface area (Å²) in [6.07, 6.45) is -2.68. The lowest BCUT2D eigenvalue weighted by atomic mass is 9.86. The SMILES string of the molecule is CCCN1CCC(NCC(F)(F)F)(C(N)=O)CC1. The molecular weight excluding hydrogens is 247 g/mol. The van der Waals surface area contributed by atoms with Crippen LogP contribution in [0.2, 0.25) is 0 Å². The van der Waals surface area contributed by atoms with Crippen molar-refractivity contribution in [3.05, 3.63) is 0 Å². The lowest BCUT2D eigenvalue weighted by molar-refractivity contribution is -0.138. The molecule has 1 saturated heterocycles. The van der Waals surface area contributed by atoms with Crippen molar-refractivity contribution in [2.45, 2.75) is 37.9 Å². The van der Waals surface area contributed by atoms with Crippen LogP contribution in [0.15, 0.2) is 0 Å². The number of nitrogens with two attached hydrogens (primary N) is 1. The number of carbonyl (C=O) groups excluding carboxylic acids is 1. The highest BCUT2D eigenvalue weighted by Crippen LogP contribution is 2.24. The van der Waals surface area contributed by atoms with Gasteiger partial charge in [-0.3, -0.25) is 10.1 Å². The first-order chi connectivity index (χ1) is 8.29. The van der Waals surface area contributed by atoms with Gasteiger partial charge < -0.3 is 10.6 Å². The number of amides is 1. The molecule has 1 heterocycles. The Labute approximate surface area is 105 Å². The lowest BCUT2D eigenvalue weighted by Gasteiger charge is -2.40. The minimum atomic E-state index is -4.33. The predicted octanol–water partition coefficient (Wildman–Crippen LogP) is 0.868. The molecule has 0 saturated carbocycles. The van der Waals surface area contributed by atoms with Crippen LogP contribution in [0.4, 0.5) is 13.2 Å². The van der Waals surface area contributed by atoms with Crippen LogP contribution in [0.3, 0.4) is 0 Å². The Morgan fingerprint density at radius 3 is 2.33 bits per heavy atom. The predicted molar refractivity (Wildman–Crippen MR) is 61.9 cm³/mol. The molecule has 3 N–H and O–H groups in total. The molecule has 0 spiro atoms. The number of nitrogens with one attached hydrogen (secondary N) is 1. The first-order valence-electron chi connectivity index (χ1n) is 6.13. The standard InChI is InChI=1S/C11H20F3N3O/c1-2-5-17-6-3-10(4-7-17,9(15)18)16-8-11(12,13)14/h16H,2-8H2,1H3,(H2,15,18). The summed E-state index contributed by atoms with van der Waals surface area (Å²) in [5.74, 6) is -0.692. The summed E-state index contributed by atoms with van der Waals surface area (Å²) in [7, 11) is 0. The van der Waals surface area contributed by atoms with Gasteiger partial charge in [0.2, 0.25) is 5.91 Å². The van der Waals surface area contributed by atoms with Gasteiger partial charge in [0.15, 0.2) is 0 Å². The molecule has 0 aromatic heterocycles. The third-order valence-electron chi connectivity index (χ3n) is 3.35. The van der Waals surface area contributed by atoms with Crippen LogP contribution in [-0.2, 0) is 4.79 Å². The summed E-state index contributed by atoms with van der Waals surface area (Å²) in [6.45, 7) is 2.96. The van der Waals surface area contributed by atoms with E-state index in [0.29, 0.717) is 25.9 Å². The minimum Gasteiger partial charge on any atom is -0.368 e. The van der Waals surface area contributed by atoms with E-state index in [9.17, 15) is 18.0 Å². The quantitative estimate of drug-likeness (QED) is 0.777. The van der Waals surface area contributed by atoms with Crippen molar-refractivity contribution in [2.24, 2.45) is 5.73 Å². The zero-order valence-corrected chi connectivity index (χ0v) is 10.5. The van der Waals surface area contributed by atoms with Gasteiger partial charge in [-0.15, -0.1) is 0 Å². The summed E-state index contributed by atoms with van der Waals surface area (Å²) in [5, 5.41) is 2.31. The third-order valence-corrected chi connectivity index (χ3v) is 3.35. The van der Waals surface area contributed by atoms with E-state index in [2.05, 4.69) is 10.2 Å². The third kappa shape index (κ3) is 4.13. The maximum Gasteiger partial charge on any atom is 0.401 e. The molecule has 0 unspecified atom stereocenters. The van der Waals surface area contributed by atoms with Crippen molar-refractivity contribution < 1.29 is 18.0 Å². The van der Waals surface area contributed by atoms with E-state index in [4.69, 9.17) is 5.73 Å². The summed E-state index contributed by atoms with van der Waals surface area (Å²) in [5.41, 5.74) is 4.06. The molecule has 1 rings (SSSR count). The van der Waals surface area contributed by atoms with E-state index in [1.165, 1.54) is 0 Å². The zero-order chi connectivity index (χ0) is 13.8. The van der Waals surface area contributed by atoms with Crippen LogP contribution in [0.25, 0.3) is 0 Å². The van der Waals surface area contributed by atoms with Crippen LogP contribution in [0.1, 0.15) is 26.2 Å². The fraction of sp³-hybridized carbons (Fsp3) is 0.909. The Bertz CT molecular complexity index is 286. The van der Waals surface area contributed by atoms with E-state index < -0.39 is 24.2 Å². The maximum atomic E-state index is 12.2. The van der Waals surface area contributed by atoms with E-state index in [0.717, 1.165) is 13.0 Å². The number of carbonyl (C=O) groups is 1. The molecule has 1 fully saturated rings. The lowest BCUT2D eigenvalue weighted by Crippen LogP contribution is -2.62. The molecule has 0 atom stereocenters. The number of alkyl halides is 3. The number of hydrogen-bond donors (Lipinski definition) is 2. The highest BCUT2D eigenvalue weighted by atomic mass is 19.4. The second-order valence-corrected chi connectivity index (χ2v) is 4.76. The van der Waals surface area contributed by atoms with Gasteiger partial charge in [0.25, 0.3) is 0 Å². The molecule has 4 nitrogen and oxygen atoms in total. The number of rotatable bonds is 5. The van der Waals surface area contributed by atoms with E-state index in [1.807, 2.05) is 6.92 Å². The van der Waals surface area contributed by atoms with E-state index in [-0.39, 0.29) is 0 Å². The minimum absolute atomic E-state index is 0.332. The van der Waals surface area contributed by atoms with E-state index >= 15 is 0 Å². The largest absolute Gasteiger partial charge is 0.401 e. The molecule has 0 bridgehead atoms. The van der Waals surface area contributed by atoms with Crippen molar-refractivity contribution >= 4 is 5.91 Å². The molecule has 0 aliphatic carbocycles. The Kier molecular flexibility index (Phi) is 4.98. The maximum absolute atomic E-state index is 12.2. The second-order valence-electron chi connectivity index (χ2n) is 4.76. The summed E-state index contributed by atoms with van der Waals surface area (Å²) in [6, 6.07) is 0. The van der Waals surface area contributed by atoms with Gasteiger partial charge in [-0.05, 0) is 25.8 Å². The van der Waals surface area contributed by atoms with Crippen LogP contribution in [0.5, 0.6) is 0 Å². The average Bonchev–Trinajstić information content (AvgIpc) is 2.27. The molecule has 0 radical (unpaired) electrons. The fourth-order valence-corrected chi connectivity index (χ4v) is 2.25. The van der Waals surface area contributed by atoms with Crippen molar-refractivity contribution in [1.29, 1.82) is 0 Å². The van der Waals surface area contributed by atoms with Gasteiger partial charge in [-0.25, -0.2) is 0 Å². The van der Waals surface area contributed by atoms with Gasteiger partial charge in [0.1, 0.15) is 5.54 Å². The van der Waals surface area contributed by atoms with Gasteiger partial charge in [-0.2, -0.15) is 13.2 Å². The molecule has 7 heteroatoms. The molecule has 1 amide bonds. The van der Waals surface area contributed by atoms with Crippen LogP contribution >= 0.6 is 0 Å². The second kappa shape index (κ2) is 5.88. The van der Waals surface area contributed by atoms with Crippen molar-refractivity contribution in [3.8, 4) is 0 Å². The Morgan fingerprint density at radius 2 is 1.94 bits per heavy atom. The summed E-state index contributed by atoms with van der Waals surface area (Å²) < 4.78 is 36.6. The number of likely N-dealkylation sites (tertiary alicyclic amines) is 1. The number of nitrogens with zero attached hydrogens (tertiary/aromatic N) is 1. The average molecular weight is 267 g/mol. The zero-order valence-electron chi connectivity index (χ0n) is 10.5. The van der Waals surface area contributed by atoms with Crippen molar-refractivity contribution in [1.82, 2.24) is 10.2 Å². The molecule has 0 aromatic carbocycles. The van der Waals surface area contributed by atoms with Crippen LogP contribution in [-0.4, -0.2) is 48.7 Å². The Balaban J connectivity index is 2.59. The monoisotopic (exact) mass is 267 g/mol. The summed E-state index contributed by atoms with van der Waals surface area (Å²) in [4.78, 5) is 13.6. The van der Waals surface area contributed by atoms with Crippen LogP contribution < -0.4 is 11.1 Å². The highest BCUT2D eigenvalue weighted by molar-refractivity contribution is 5.84. The highest BCUT2D eigenvalue weighted by Gasteiger charge is 2.42. The van der Waals surface area contributed by atoms with E-state index in [1.54, 1.807) is 0 Å². The first kappa shape index (κ1) is 15.2. The first-order valence-corrected chi connectivity index (χ1v) is 6.13. The number of primary amides is 1. The van der Waals surface area contributed by atoms with Gasteiger partial charge in [0, 0.05) is 13.1 Å². The van der Waals surface area contributed by atoms with Gasteiger partial charge in [-0.1, -0.05) is 6.92 Å². The van der Waals surface area contributed by atoms with Gasteiger partial charge >= 0.3 is 6.18 Å². The smallest absolute Gasteiger partial charge is 0.368 e. The van der Waals surface area contributed by atoms with Crippen LogP contribution in [0, 0.1) is 0 Å². The molecule has 106 valence electrons. The van der Waals surface area contributed by atoms with Crippen molar-refractivity contribution in [3.63, 3.8) is 0 Å². The molecule has 1 aliphatic heterocycles. The molecule has 1 aliphatic rings. The molecular formula is C11H20F3N3O. The number of halogens is 3. The number of hydrogen-bond acceptors (Lipinski definition) is 3. The number of piperidine rings is 1. The normalized spacial score (nSPS) is 20.9. The molecule has 18 heavy (non-hydrogen) atoms. The fourth-order valence-electron chi connectivity index (χ4n) is 2.25. The summed E-state index contributed by atoms with van der Waals surface area (Å²) >= 11 is 0. The topological polar surface area (TPSA) is 58.4 Å². The molecule has 0 aromatic rings. The Morgan fingerprint density at radius 1 is 1.39 bits per heavy atom. The Hall–Kier alpha value is -0.820.